The van der Waals surface area contributed by atoms with Gasteiger partial charge in [0.15, 0.2) is 0 Å². The maximum atomic E-state index is 7.50. The van der Waals surface area contributed by atoms with Gasteiger partial charge in [0.1, 0.15) is 0 Å². The molecule has 68 valence electrons. The monoisotopic (exact) mass is 217 g/mol. The van der Waals surface area contributed by atoms with Gasteiger partial charge >= 0.3 is 33.9 Å². The predicted molar refractivity (Wildman–Crippen MR) is 37.2 cm³/mol. The second kappa shape index (κ2) is 30.5. The SMILES string of the molecule is Cn1cccc1.[C-]#[O+].[C-]#[O+].[C-]#[O+].[Cr]. The van der Waals surface area contributed by atoms with Crippen molar-refractivity contribution in [3.05, 3.63) is 44.5 Å². The minimum Gasteiger partial charge on any atom is 0 e. The molecule has 0 radical (unpaired) electrons. The van der Waals surface area contributed by atoms with E-state index in [9.17, 15) is 0 Å². The van der Waals surface area contributed by atoms with Crippen LogP contribution in [0.25, 0.3) is 0 Å². The summed E-state index contributed by atoms with van der Waals surface area (Å²) in [5.74, 6) is 0. The Hall–Kier alpha value is -0.968. The molecule has 1 rings (SSSR count). The summed E-state index contributed by atoms with van der Waals surface area (Å²) in [6.45, 7) is 13.5. The minimum absolute atomic E-state index is 0. The van der Waals surface area contributed by atoms with Crippen LogP contribution in [0.3, 0.4) is 0 Å². The Labute approximate surface area is 87.8 Å². The van der Waals surface area contributed by atoms with Gasteiger partial charge in [-0.3, -0.25) is 0 Å². The zero-order valence-electron chi connectivity index (χ0n) is 6.89. The van der Waals surface area contributed by atoms with E-state index in [0.717, 1.165) is 0 Å². The number of hydrogen-bond acceptors (Lipinski definition) is 0. The van der Waals surface area contributed by atoms with Crippen LogP contribution in [-0.4, -0.2) is 4.57 Å². The molecule has 0 atom stereocenters. The van der Waals surface area contributed by atoms with Gasteiger partial charge in [-0.1, -0.05) is 0 Å². The van der Waals surface area contributed by atoms with Gasteiger partial charge in [0.25, 0.3) is 0 Å². The van der Waals surface area contributed by atoms with Crippen LogP contribution >= 0.6 is 0 Å². The first-order chi connectivity index (χ1) is 5.89. The molecule has 13 heavy (non-hydrogen) atoms. The van der Waals surface area contributed by atoms with Gasteiger partial charge in [-0.15, -0.1) is 0 Å². The van der Waals surface area contributed by atoms with E-state index in [1.165, 1.54) is 0 Å². The first-order valence-electron chi connectivity index (χ1n) is 2.58. The van der Waals surface area contributed by atoms with E-state index in [0.29, 0.717) is 0 Å². The summed E-state index contributed by atoms with van der Waals surface area (Å²) in [5, 5.41) is 0. The Morgan fingerprint density at radius 1 is 0.846 bits per heavy atom. The van der Waals surface area contributed by atoms with Crippen LogP contribution in [0.4, 0.5) is 0 Å². The fourth-order valence-electron chi connectivity index (χ4n) is 0.421. The fourth-order valence-corrected chi connectivity index (χ4v) is 0.421. The molecule has 0 fully saturated rings. The van der Waals surface area contributed by atoms with Crippen molar-refractivity contribution < 1.29 is 31.3 Å². The van der Waals surface area contributed by atoms with Gasteiger partial charge in [-0.05, 0) is 12.1 Å². The quantitative estimate of drug-likeness (QED) is 0.458. The molecule has 4 nitrogen and oxygen atoms in total. The Morgan fingerprint density at radius 3 is 1.15 bits per heavy atom. The van der Waals surface area contributed by atoms with Crippen LogP contribution in [0.2, 0.25) is 0 Å². The summed E-state index contributed by atoms with van der Waals surface area (Å²) in [6.07, 6.45) is 4.00. The molecular formula is C8H7CrNO3. The second-order valence-corrected chi connectivity index (χ2v) is 1.35. The third kappa shape index (κ3) is 24.7. The number of rotatable bonds is 0. The molecule has 0 amide bonds. The maximum Gasteiger partial charge on any atom is 0 e. The van der Waals surface area contributed by atoms with Crippen molar-refractivity contribution in [1.29, 1.82) is 0 Å². The molecule has 0 bridgehead atoms. The molecule has 0 aromatic carbocycles. The Balaban J connectivity index is -0.0000000508. The topological polar surface area (TPSA) is 64.6 Å². The third-order valence-corrected chi connectivity index (χ3v) is 0.754. The molecule has 0 unspecified atom stereocenters. The normalized spacial score (nSPS) is 4.54. The van der Waals surface area contributed by atoms with Gasteiger partial charge < -0.3 is 4.57 Å². The van der Waals surface area contributed by atoms with E-state index in [2.05, 4.69) is 20.0 Å². The summed E-state index contributed by atoms with van der Waals surface area (Å²) in [4.78, 5) is 0. The van der Waals surface area contributed by atoms with Crippen molar-refractivity contribution in [2.45, 2.75) is 0 Å². The molecule has 0 saturated carbocycles. The van der Waals surface area contributed by atoms with E-state index in [4.69, 9.17) is 14.0 Å². The van der Waals surface area contributed by atoms with Gasteiger partial charge in [0.2, 0.25) is 0 Å². The van der Waals surface area contributed by atoms with Gasteiger partial charge in [-0.2, -0.15) is 0 Å². The van der Waals surface area contributed by atoms with Crippen LogP contribution in [-0.2, 0) is 38.4 Å². The van der Waals surface area contributed by atoms with Crippen molar-refractivity contribution in [3.63, 3.8) is 0 Å². The summed E-state index contributed by atoms with van der Waals surface area (Å²) >= 11 is 0. The van der Waals surface area contributed by atoms with E-state index in [1.807, 2.05) is 36.1 Å². The Morgan fingerprint density at radius 2 is 1.08 bits per heavy atom. The van der Waals surface area contributed by atoms with Crippen LogP contribution in [0.15, 0.2) is 24.5 Å². The molecular weight excluding hydrogens is 210 g/mol. The van der Waals surface area contributed by atoms with Gasteiger partial charge in [0, 0.05) is 36.8 Å². The fraction of sp³-hybridized carbons (Fsp3) is 0.125. The Kier molecular flexibility index (Phi) is 53.3. The zero-order chi connectivity index (χ0) is 10.4. The number of hydrogen-bond donors (Lipinski definition) is 0. The van der Waals surface area contributed by atoms with Crippen LogP contribution in [0.1, 0.15) is 0 Å². The number of aryl methyl sites for hydroxylation is 1. The van der Waals surface area contributed by atoms with Crippen molar-refractivity contribution in [3.8, 4) is 0 Å². The molecule has 1 aromatic rings. The molecule has 0 saturated heterocycles. The van der Waals surface area contributed by atoms with Crippen LogP contribution in [0.5, 0.6) is 0 Å². The van der Waals surface area contributed by atoms with Gasteiger partial charge in [0.05, 0.1) is 0 Å². The van der Waals surface area contributed by atoms with Crippen molar-refractivity contribution in [2.24, 2.45) is 7.05 Å². The predicted octanol–water partition coefficient (Wildman–Crippen LogP) is 0.910. The molecule has 0 N–H and O–H groups in total. The Bertz CT molecular complexity index is 199. The number of nitrogens with zero attached hydrogens (tertiary/aromatic N) is 1. The molecule has 0 aliphatic rings. The molecule has 1 heterocycles. The summed E-state index contributed by atoms with van der Waals surface area (Å²) in [5.41, 5.74) is 0. The molecule has 0 aliphatic heterocycles. The molecule has 0 spiro atoms. The molecule has 5 heteroatoms. The van der Waals surface area contributed by atoms with E-state index < -0.39 is 0 Å². The zero-order valence-corrected chi connectivity index (χ0v) is 8.16. The minimum atomic E-state index is 0. The smallest absolute Gasteiger partial charge is 0 e. The van der Waals surface area contributed by atoms with E-state index in [-0.39, 0.29) is 17.4 Å². The van der Waals surface area contributed by atoms with Crippen LogP contribution < -0.4 is 0 Å². The van der Waals surface area contributed by atoms with Crippen LogP contribution in [0, 0.1) is 20.0 Å². The van der Waals surface area contributed by atoms with E-state index >= 15 is 0 Å². The third-order valence-electron chi connectivity index (χ3n) is 0.754. The van der Waals surface area contributed by atoms with E-state index in [1.54, 1.807) is 0 Å². The average Bonchev–Trinajstić information content (AvgIpc) is 2.66. The van der Waals surface area contributed by atoms with Crippen molar-refractivity contribution in [2.75, 3.05) is 0 Å². The average molecular weight is 217 g/mol. The standard InChI is InChI=1S/C5H7N.3CO.Cr/c1-6-4-2-3-5-6;3*1-2;/h2-5H,1H3;;;;. The summed E-state index contributed by atoms with van der Waals surface area (Å²) < 4.78 is 24.5. The maximum absolute atomic E-state index is 7.50. The molecule has 1 aromatic heterocycles. The number of aromatic nitrogens is 1. The first-order valence-corrected chi connectivity index (χ1v) is 2.58. The summed E-state index contributed by atoms with van der Waals surface area (Å²) in [6, 6.07) is 4.00. The van der Waals surface area contributed by atoms with Gasteiger partial charge in [-0.25, -0.2) is 0 Å². The largest absolute Gasteiger partial charge is 0 e. The summed E-state index contributed by atoms with van der Waals surface area (Å²) in [7, 11) is 2.00. The second-order valence-electron chi connectivity index (χ2n) is 1.35. The molecule has 0 aliphatic carbocycles. The van der Waals surface area contributed by atoms with Crippen molar-refractivity contribution >= 4 is 0 Å². The van der Waals surface area contributed by atoms with Crippen molar-refractivity contribution in [1.82, 2.24) is 4.57 Å². The first kappa shape index (κ1) is 22.7.